The van der Waals surface area contributed by atoms with Crippen LogP contribution in [0.2, 0.25) is 0 Å². The average molecular weight is 365 g/mol. The standard InChI is InChI=1S/C22H23NO4/c23-22(26)17-7-5-15(6-8-17)14-27-21(25)12-11-20(24)19-10-9-16-3-1-2-4-18(16)13-19/h5-10,13H,1-4,11-12,14H2,(H2,23,26). The number of aryl methyl sites for hydroxylation is 2. The van der Waals surface area contributed by atoms with Gasteiger partial charge in [-0.1, -0.05) is 24.3 Å². The van der Waals surface area contributed by atoms with Crippen LogP contribution in [0.5, 0.6) is 0 Å². The summed E-state index contributed by atoms with van der Waals surface area (Å²) in [4.78, 5) is 35.3. The average Bonchev–Trinajstić information content (AvgIpc) is 2.70. The first kappa shape index (κ1) is 18.8. The molecule has 2 N–H and O–H groups in total. The summed E-state index contributed by atoms with van der Waals surface area (Å²) in [5, 5.41) is 0. The molecule has 27 heavy (non-hydrogen) atoms. The largest absolute Gasteiger partial charge is 0.461 e. The molecule has 0 unspecified atom stereocenters. The maximum Gasteiger partial charge on any atom is 0.306 e. The molecule has 0 radical (unpaired) electrons. The first-order valence-electron chi connectivity index (χ1n) is 9.22. The summed E-state index contributed by atoms with van der Waals surface area (Å²) >= 11 is 0. The summed E-state index contributed by atoms with van der Waals surface area (Å²) in [6.07, 6.45) is 4.66. The zero-order valence-corrected chi connectivity index (χ0v) is 15.2. The molecule has 1 aliphatic carbocycles. The summed E-state index contributed by atoms with van der Waals surface area (Å²) in [6.45, 7) is 0.102. The molecule has 0 saturated carbocycles. The summed E-state index contributed by atoms with van der Waals surface area (Å²) in [5.41, 5.74) is 9.61. The third-order valence-corrected chi connectivity index (χ3v) is 4.86. The molecule has 0 fully saturated rings. The van der Waals surface area contributed by atoms with Gasteiger partial charge in [0.15, 0.2) is 5.78 Å². The van der Waals surface area contributed by atoms with Crippen molar-refractivity contribution in [2.24, 2.45) is 5.73 Å². The van der Waals surface area contributed by atoms with E-state index in [1.807, 2.05) is 18.2 Å². The molecule has 140 valence electrons. The van der Waals surface area contributed by atoms with E-state index < -0.39 is 11.9 Å². The SMILES string of the molecule is NC(=O)c1ccc(COC(=O)CCC(=O)c2ccc3c(c2)CCCC3)cc1. The van der Waals surface area contributed by atoms with Crippen molar-refractivity contribution in [2.45, 2.75) is 45.1 Å². The molecule has 2 aromatic carbocycles. The molecule has 0 aromatic heterocycles. The van der Waals surface area contributed by atoms with Crippen LogP contribution in [0, 0.1) is 0 Å². The van der Waals surface area contributed by atoms with E-state index in [0.29, 0.717) is 11.1 Å². The molecule has 1 aliphatic rings. The molecular formula is C22H23NO4. The number of ether oxygens (including phenoxy) is 1. The predicted octanol–water partition coefficient (Wildman–Crippen LogP) is 3.37. The van der Waals surface area contributed by atoms with Crippen molar-refractivity contribution in [1.29, 1.82) is 0 Å². The summed E-state index contributed by atoms with van der Waals surface area (Å²) < 4.78 is 5.20. The minimum atomic E-state index is -0.501. The van der Waals surface area contributed by atoms with Crippen molar-refractivity contribution < 1.29 is 19.1 Å². The van der Waals surface area contributed by atoms with Crippen LogP contribution in [-0.4, -0.2) is 17.7 Å². The smallest absolute Gasteiger partial charge is 0.306 e. The van der Waals surface area contributed by atoms with Crippen LogP contribution in [0.4, 0.5) is 0 Å². The number of benzene rings is 2. The molecule has 0 spiro atoms. The Morgan fingerprint density at radius 2 is 1.52 bits per heavy atom. The lowest BCUT2D eigenvalue weighted by molar-refractivity contribution is -0.144. The second kappa shape index (κ2) is 8.62. The molecule has 2 aromatic rings. The van der Waals surface area contributed by atoms with Crippen molar-refractivity contribution in [3.63, 3.8) is 0 Å². The number of rotatable bonds is 7. The molecule has 5 heteroatoms. The quantitative estimate of drug-likeness (QED) is 0.602. The number of hydrogen-bond donors (Lipinski definition) is 1. The van der Waals surface area contributed by atoms with Gasteiger partial charge in [0.05, 0.1) is 6.42 Å². The Hall–Kier alpha value is -2.95. The fourth-order valence-corrected chi connectivity index (χ4v) is 3.27. The molecule has 5 nitrogen and oxygen atoms in total. The number of primary amides is 1. The second-order valence-electron chi connectivity index (χ2n) is 6.84. The van der Waals surface area contributed by atoms with Gasteiger partial charge in [-0.15, -0.1) is 0 Å². The minimum absolute atomic E-state index is 0.0360. The van der Waals surface area contributed by atoms with Gasteiger partial charge in [-0.3, -0.25) is 14.4 Å². The third-order valence-electron chi connectivity index (χ3n) is 4.86. The zero-order chi connectivity index (χ0) is 19.2. The molecule has 0 heterocycles. The number of Topliss-reactive ketones (excluding diaryl/α,β-unsaturated/α-hetero) is 1. The lowest BCUT2D eigenvalue weighted by atomic mass is 9.89. The lowest BCUT2D eigenvalue weighted by Crippen LogP contribution is -2.11. The van der Waals surface area contributed by atoms with E-state index >= 15 is 0 Å². The van der Waals surface area contributed by atoms with Crippen molar-refractivity contribution in [2.75, 3.05) is 0 Å². The number of carbonyl (C=O) groups is 3. The van der Waals surface area contributed by atoms with Crippen molar-refractivity contribution in [3.8, 4) is 0 Å². The predicted molar refractivity (Wildman–Crippen MR) is 101 cm³/mol. The van der Waals surface area contributed by atoms with E-state index in [-0.39, 0.29) is 25.2 Å². The number of ketones is 1. The fourth-order valence-electron chi connectivity index (χ4n) is 3.27. The van der Waals surface area contributed by atoms with Crippen molar-refractivity contribution in [3.05, 3.63) is 70.3 Å². The van der Waals surface area contributed by atoms with E-state index in [0.717, 1.165) is 24.8 Å². The van der Waals surface area contributed by atoms with Crippen molar-refractivity contribution in [1.82, 2.24) is 0 Å². The molecule has 1 amide bonds. The minimum Gasteiger partial charge on any atom is -0.461 e. The number of carbonyl (C=O) groups excluding carboxylic acids is 3. The molecule has 0 atom stereocenters. The Bertz CT molecular complexity index is 855. The van der Waals surface area contributed by atoms with Gasteiger partial charge in [-0.2, -0.15) is 0 Å². The summed E-state index contributed by atoms with van der Waals surface area (Å²) in [5.74, 6) is -0.953. The molecule has 0 aliphatic heterocycles. The number of amides is 1. The number of fused-ring (bicyclic) bond motifs is 1. The van der Waals surface area contributed by atoms with Crippen molar-refractivity contribution >= 4 is 17.7 Å². The van der Waals surface area contributed by atoms with Crippen LogP contribution < -0.4 is 5.73 Å². The van der Waals surface area contributed by atoms with E-state index in [4.69, 9.17) is 10.5 Å². The van der Waals surface area contributed by atoms with Gasteiger partial charge < -0.3 is 10.5 Å². The van der Waals surface area contributed by atoms with E-state index in [1.54, 1.807) is 24.3 Å². The van der Waals surface area contributed by atoms with Gasteiger partial charge in [0.2, 0.25) is 5.91 Å². The number of nitrogens with two attached hydrogens (primary N) is 1. The highest BCUT2D eigenvalue weighted by molar-refractivity contribution is 5.97. The fraction of sp³-hybridized carbons (Fsp3) is 0.318. The van der Waals surface area contributed by atoms with E-state index in [2.05, 4.69) is 0 Å². The van der Waals surface area contributed by atoms with E-state index in [1.165, 1.54) is 17.5 Å². The normalized spacial score (nSPS) is 12.9. The second-order valence-corrected chi connectivity index (χ2v) is 6.84. The van der Waals surface area contributed by atoms with Gasteiger partial charge in [-0.05, 0) is 60.6 Å². The maximum atomic E-state index is 12.4. The zero-order valence-electron chi connectivity index (χ0n) is 15.2. The van der Waals surface area contributed by atoms with Gasteiger partial charge >= 0.3 is 5.97 Å². The number of hydrogen-bond acceptors (Lipinski definition) is 4. The molecule has 0 bridgehead atoms. The van der Waals surface area contributed by atoms with Gasteiger partial charge in [0, 0.05) is 17.5 Å². The van der Waals surface area contributed by atoms with E-state index in [9.17, 15) is 14.4 Å². The number of esters is 1. The molecule has 3 rings (SSSR count). The Morgan fingerprint density at radius 1 is 0.852 bits per heavy atom. The van der Waals surface area contributed by atoms with Crippen LogP contribution in [0.15, 0.2) is 42.5 Å². The van der Waals surface area contributed by atoms with Crippen LogP contribution in [0.1, 0.15) is 63.1 Å². The van der Waals surface area contributed by atoms with Crippen LogP contribution in [0.3, 0.4) is 0 Å². The lowest BCUT2D eigenvalue weighted by Gasteiger charge is -2.16. The highest BCUT2D eigenvalue weighted by atomic mass is 16.5. The Morgan fingerprint density at radius 3 is 2.22 bits per heavy atom. The van der Waals surface area contributed by atoms with Gasteiger partial charge in [0.1, 0.15) is 6.61 Å². The van der Waals surface area contributed by atoms with Crippen LogP contribution in [0.25, 0.3) is 0 Å². The topological polar surface area (TPSA) is 86.5 Å². The Kier molecular flexibility index (Phi) is 6.01. The third kappa shape index (κ3) is 5.03. The molecular weight excluding hydrogens is 342 g/mol. The van der Waals surface area contributed by atoms with Gasteiger partial charge in [0.25, 0.3) is 0 Å². The van der Waals surface area contributed by atoms with Crippen LogP contribution >= 0.6 is 0 Å². The van der Waals surface area contributed by atoms with Crippen LogP contribution in [-0.2, 0) is 29.0 Å². The first-order valence-corrected chi connectivity index (χ1v) is 9.22. The molecule has 0 saturated heterocycles. The Balaban J connectivity index is 1.47. The monoisotopic (exact) mass is 365 g/mol. The highest BCUT2D eigenvalue weighted by Gasteiger charge is 2.14. The Labute approximate surface area is 158 Å². The first-order chi connectivity index (χ1) is 13.0. The summed E-state index contributed by atoms with van der Waals surface area (Å²) in [7, 11) is 0. The highest BCUT2D eigenvalue weighted by Crippen LogP contribution is 2.23. The maximum absolute atomic E-state index is 12.4. The van der Waals surface area contributed by atoms with Gasteiger partial charge in [-0.25, -0.2) is 0 Å². The summed E-state index contributed by atoms with van der Waals surface area (Å²) in [6, 6.07) is 12.4.